The van der Waals surface area contributed by atoms with Gasteiger partial charge in [0.25, 0.3) is 0 Å². The molecule has 0 saturated carbocycles. The van der Waals surface area contributed by atoms with Gasteiger partial charge in [0.05, 0.1) is 18.1 Å². The SMILES string of the molecule is CCCCCC(CC)(C(=O)O)c1ccccc1.CCOC(=O)C1CCCC(C)O1. The Hall–Kier alpha value is -1.88. The molecule has 5 nitrogen and oxygen atoms in total. The van der Waals surface area contributed by atoms with E-state index in [1.807, 2.05) is 51.1 Å². The topological polar surface area (TPSA) is 72.8 Å². The predicted octanol–water partition coefficient (Wildman–Crippen LogP) is 5.51. The molecule has 1 N–H and O–H groups in total. The average Bonchev–Trinajstić information content (AvgIpc) is 2.72. The summed E-state index contributed by atoms with van der Waals surface area (Å²) in [6.07, 6.45) is 7.39. The zero-order chi connectivity index (χ0) is 21.7. The van der Waals surface area contributed by atoms with Gasteiger partial charge in [-0.3, -0.25) is 4.79 Å². The molecule has 1 aromatic rings. The van der Waals surface area contributed by atoms with Crippen LogP contribution in [0.2, 0.25) is 0 Å². The van der Waals surface area contributed by atoms with Crippen LogP contribution >= 0.6 is 0 Å². The van der Waals surface area contributed by atoms with E-state index in [0.717, 1.165) is 50.5 Å². The average molecular weight is 407 g/mol. The predicted molar refractivity (Wildman–Crippen MR) is 115 cm³/mol. The fourth-order valence-corrected chi connectivity index (χ4v) is 3.76. The van der Waals surface area contributed by atoms with Crippen molar-refractivity contribution in [2.45, 2.75) is 96.7 Å². The van der Waals surface area contributed by atoms with Crippen LogP contribution in [0.4, 0.5) is 0 Å². The number of hydrogen-bond donors (Lipinski definition) is 1. The minimum Gasteiger partial charge on any atom is -0.481 e. The Labute approximate surface area is 175 Å². The maximum atomic E-state index is 11.6. The minimum absolute atomic E-state index is 0.202. The van der Waals surface area contributed by atoms with Crippen molar-refractivity contribution >= 4 is 11.9 Å². The fraction of sp³-hybridized carbons (Fsp3) is 0.667. The van der Waals surface area contributed by atoms with Crippen LogP contribution in [0.3, 0.4) is 0 Å². The molecule has 0 radical (unpaired) electrons. The molecule has 3 unspecified atom stereocenters. The maximum Gasteiger partial charge on any atom is 0.335 e. The zero-order valence-electron chi connectivity index (χ0n) is 18.5. The van der Waals surface area contributed by atoms with Crippen molar-refractivity contribution in [1.29, 1.82) is 0 Å². The molecule has 29 heavy (non-hydrogen) atoms. The van der Waals surface area contributed by atoms with Crippen molar-refractivity contribution in [1.82, 2.24) is 0 Å². The normalized spacial score (nSPS) is 20.7. The van der Waals surface area contributed by atoms with E-state index in [4.69, 9.17) is 9.47 Å². The first-order chi connectivity index (χ1) is 13.9. The largest absolute Gasteiger partial charge is 0.481 e. The second-order valence-corrected chi connectivity index (χ2v) is 7.68. The Morgan fingerprint density at radius 2 is 1.83 bits per heavy atom. The van der Waals surface area contributed by atoms with Crippen LogP contribution in [-0.4, -0.2) is 35.9 Å². The molecule has 1 heterocycles. The summed E-state index contributed by atoms with van der Waals surface area (Å²) in [6, 6.07) is 9.63. The Morgan fingerprint density at radius 3 is 2.34 bits per heavy atom. The van der Waals surface area contributed by atoms with Crippen molar-refractivity contribution in [3.8, 4) is 0 Å². The summed E-state index contributed by atoms with van der Waals surface area (Å²) in [4.78, 5) is 22.8. The number of rotatable bonds is 9. The lowest BCUT2D eigenvalue weighted by atomic mass is 9.74. The molecule has 164 valence electrons. The standard InChI is InChI=1S/C15H22O2.C9H16O3/c1-3-5-9-12-15(4-2,14(16)17)13-10-7-6-8-11-13;1-3-11-9(10)8-6-4-5-7(2)12-8/h6-8,10-11H,3-5,9,12H2,1-2H3,(H,16,17);7-8H,3-6H2,1-2H3. The van der Waals surface area contributed by atoms with Gasteiger partial charge in [-0.25, -0.2) is 4.79 Å². The summed E-state index contributed by atoms with van der Waals surface area (Å²) in [7, 11) is 0. The van der Waals surface area contributed by atoms with E-state index in [-0.39, 0.29) is 18.2 Å². The Balaban J connectivity index is 0.000000308. The highest BCUT2D eigenvalue weighted by Crippen LogP contribution is 2.34. The quantitative estimate of drug-likeness (QED) is 0.433. The molecule has 0 aliphatic carbocycles. The van der Waals surface area contributed by atoms with Gasteiger partial charge in [-0.1, -0.05) is 63.4 Å². The molecular formula is C24H38O5. The molecule has 2 rings (SSSR count). The molecule has 1 aromatic carbocycles. The molecule has 0 aromatic heterocycles. The molecule has 1 fully saturated rings. The van der Waals surface area contributed by atoms with Crippen LogP contribution in [0.15, 0.2) is 30.3 Å². The van der Waals surface area contributed by atoms with Crippen molar-refractivity contribution < 1.29 is 24.2 Å². The van der Waals surface area contributed by atoms with Gasteiger partial charge in [-0.05, 0) is 51.5 Å². The van der Waals surface area contributed by atoms with E-state index < -0.39 is 11.4 Å². The number of aliphatic carboxylic acids is 1. The lowest BCUT2D eigenvalue weighted by Gasteiger charge is -2.28. The molecule has 5 heteroatoms. The van der Waals surface area contributed by atoms with Crippen LogP contribution in [0.25, 0.3) is 0 Å². The van der Waals surface area contributed by atoms with E-state index >= 15 is 0 Å². The second-order valence-electron chi connectivity index (χ2n) is 7.68. The second kappa shape index (κ2) is 13.4. The minimum atomic E-state index is -0.698. The number of esters is 1. The molecule has 0 spiro atoms. The zero-order valence-corrected chi connectivity index (χ0v) is 18.5. The van der Waals surface area contributed by atoms with Crippen molar-refractivity contribution in [2.75, 3.05) is 6.61 Å². The summed E-state index contributed by atoms with van der Waals surface area (Å²) in [5, 5.41) is 9.58. The van der Waals surface area contributed by atoms with Crippen LogP contribution in [-0.2, 0) is 24.5 Å². The lowest BCUT2D eigenvalue weighted by Crippen LogP contribution is -2.35. The van der Waals surface area contributed by atoms with Crippen molar-refractivity contribution in [3.63, 3.8) is 0 Å². The van der Waals surface area contributed by atoms with E-state index in [9.17, 15) is 14.7 Å². The smallest absolute Gasteiger partial charge is 0.335 e. The number of benzene rings is 1. The Morgan fingerprint density at radius 1 is 1.14 bits per heavy atom. The Bertz CT molecular complexity index is 601. The van der Waals surface area contributed by atoms with Gasteiger partial charge in [0.2, 0.25) is 0 Å². The van der Waals surface area contributed by atoms with Gasteiger partial charge in [-0.15, -0.1) is 0 Å². The fourth-order valence-electron chi connectivity index (χ4n) is 3.76. The van der Waals surface area contributed by atoms with Gasteiger partial charge >= 0.3 is 11.9 Å². The molecule has 1 aliphatic rings. The molecule has 0 amide bonds. The van der Waals surface area contributed by atoms with Crippen molar-refractivity contribution in [3.05, 3.63) is 35.9 Å². The van der Waals surface area contributed by atoms with E-state index in [2.05, 4.69) is 6.92 Å². The Kier molecular flexibility index (Phi) is 11.6. The lowest BCUT2D eigenvalue weighted by molar-refractivity contribution is -0.164. The van der Waals surface area contributed by atoms with Crippen LogP contribution in [0.1, 0.15) is 84.6 Å². The van der Waals surface area contributed by atoms with Gasteiger partial charge < -0.3 is 14.6 Å². The first-order valence-electron chi connectivity index (χ1n) is 11.0. The summed E-state index contributed by atoms with van der Waals surface area (Å²) >= 11 is 0. The van der Waals surface area contributed by atoms with E-state index in [1.54, 1.807) is 0 Å². The summed E-state index contributed by atoms with van der Waals surface area (Å²) in [5.41, 5.74) is 0.238. The molecule has 0 bridgehead atoms. The molecule has 1 saturated heterocycles. The van der Waals surface area contributed by atoms with Gasteiger partial charge in [0, 0.05) is 0 Å². The first-order valence-corrected chi connectivity index (χ1v) is 11.0. The third kappa shape index (κ3) is 7.81. The maximum absolute atomic E-state index is 11.6. The molecule has 1 aliphatic heterocycles. The van der Waals surface area contributed by atoms with Gasteiger partial charge in [0.1, 0.15) is 0 Å². The third-order valence-electron chi connectivity index (χ3n) is 5.57. The number of unbranched alkanes of at least 4 members (excludes halogenated alkanes) is 2. The van der Waals surface area contributed by atoms with Crippen LogP contribution in [0, 0.1) is 0 Å². The third-order valence-corrected chi connectivity index (χ3v) is 5.57. The summed E-state index contributed by atoms with van der Waals surface area (Å²) in [6.45, 7) is 8.34. The molecule has 3 atom stereocenters. The van der Waals surface area contributed by atoms with Gasteiger partial charge in [-0.2, -0.15) is 0 Å². The number of carbonyl (C=O) groups is 2. The van der Waals surface area contributed by atoms with Crippen molar-refractivity contribution in [2.24, 2.45) is 0 Å². The number of carboxylic acids is 1. The number of carboxylic acid groups (broad SMARTS) is 1. The highest BCUT2D eigenvalue weighted by atomic mass is 16.6. The van der Waals surface area contributed by atoms with Crippen LogP contribution in [0.5, 0.6) is 0 Å². The number of ether oxygens (including phenoxy) is 2. The number of hydrogen-bond acceptors (Lipinski definition) is 4. The summed E-state index contributed by atoms with van der Waals surface area (Å²) in [5.74, 6) is -0.897. The van der Waals surface area contributed by atoms with E-state index in [1.165, 1.54) is 0 Å². The molecular weight excluding hydrogens is 368 g/mol. The number of carbonyl (C=O) groups excluding carboxylic acids is 1. The van der Waals surface area contributed by atoms with E-state index in [0.29, 0.717) is 13.0 Å². The van der Waals surface area contributed by atoms with Gasteiger partial charge in [0.15, 0.2) is 6.10 Å². The highest BCUT2D eigenvalue weighted by molar-refractivity contribution is 5.81. The van der Waals surface area contributed by atoms with Crippen LogP contribution < -0.4 is 0 Å². The summed E-state index contributed by atoms with van der Waals surface area (Å²) < 4.78 is 10.3. The highest BCUT2D eigenvalue weighted by Gasteiger charge is 2.37. The monoisotopic (exact) mass is 406 g/mol. The first kappa shape index (κ1) is 25.2.